The zero-order valence-electron chi connectivity index (χ0n) is 8.71. The number of nitrogens with one attached hydrogen (secondary N) is 1. The van der Waals surface area contributed by atoms with Crippen LogP contribution in [0.3, 0.4) is 0 Å². The van der Waals surface area contributed by atoms with Gasteiger partial charge in [-0.1, -0.05) is 26.0 Å². The smallest absolute Gasteiger partial charge is 0.0293 e. The fourth-order valence-corrected chi connectivity index (χ4v) is 0.489. The van der Waals surface area contributed by atoms with Crippen LogP contribution in [0.15, 0.2) is 23.4 Å². The van der Waals surface area contributed by atoms with Crippen molar-refractivity contribution < 1.29 is 0 Å². The van der Waals surface area contributed by atoms with Gasteiger partial charge in [-0.05, 0) is 26.3 Å². The second-order valence-electron chi connectivity index (χ2n) is 2.35. The van der Waals surface area contributed by atoms with E-state index in [4.69, 9.17) is 0 Å². The van der Waals surface area contributed by atoms with Crippen molar-refractivity contribution >= 4 is 0 Å². The van der Waals surface area contributed by atoms with Crippen LogP contribution in [0.5, 0.6) is 0 Å². The summed E-state index contributed by atoms with van der Waals surface area (Å²) in [4.78, 5) is 0. The molecule has 0 rings (SSSR count). The SMILES string of the molecule is C=C(NC)C(C)=C(C)C.CC. The zero-order valence-corrected chi connectivity index (χ0v) is 8.71. The molecule has 1 heteroatoms. The highest BCUT2D eigenvalue weighted by atomic mass is 14.8. The first kappa shape index (κ1) is 12.9. The second-order valence-corrected chi connectivity index (χ2v) is 2.35. The highest BCUT2D eigenvalue weighted by Crippen LogP contribution is 2.07. The second kappa shape index (κ2) is 7.39. The maximum Gasteiger partial charge on any atom is 0.0293 e. The summed E-state index contributed by atoms with van der Waals surface area (Å²) in [5.74, 6) is 0. The predicted octanol–water partition coefficient (Wildman–Crippen LogP) is 3.10. The van der Waals surface area contributed by atoms with Crippen LogP contribution < -0.4 is 5.32 Å². The summed E-state index contributed by atoms with van der Waals surface area (Å²) in [6, 6.07) is 0. The van der Waals surface area contributed by atoms with E-state index in [1.807, 2.05) is 20.9 Å². The highest BCUT2D eigenvalue weighted by Gasteiger charge is 1.92. The third kappa shape index (κ3) is 5.71. The first-order valence-corrected chi connectivity index (χ1v) is 4.10. The number of hydrogen-bond acceptors (Lipinski definition) is 1. The standard InChI is InChI=1S/C8H15N.C2H6/c1-6(2)7(3)8(4)9-5;1-2/h9H,4H2,1-3,5H3;1-2H3. The van der Waals surface area contributed by atoms with Gasteiger partial charge in [-0.25, -0.2) is 0 Å². The fourth-order valence-electron chi connectivity index (χ4n) is 0.489. The first-order valence-electron chi connectivity index (χ1n) is 4.10. The molecule has 0 saturated heterocycles. The van der Waals surface area contributed by atoms with Crippen molar-refractivity contribution in [3.63, 3.8) is 0 Å². The molecule has 1 nitrogen and oxygen atoms in total. The fraction of sp³-hybridized carbons (Fsp3) is 0.600. The zero-order chi connectivity index (χ0) is 9.44. The lowest BCUT2D eigenvalue weighted by atomic mass is 10.1. The molecule has 0 spiro atoms. The van der Waals surface area contributed by atoms with Crippen LogP contribution >= 0.6 is 0 Å². The van der Waals surface area contributed by atoms with E-state index in [1.165, 1.54) is 11.1 Å². The van der Waals surface area contributed by atoms with Crippen molar-refractivity contribution in [1.82, 2.24) is 5.32 Å². The van der Waals surface area contributed by atoms with Gasteiger partial charge in [0.1, 0.15) is 0 Å². The molecule has 0 amide bonds. The van der Waals surface area contributed by atoms with Crippen LogP contribution in [0, 0.1) is 0 Å². The molecule has 0 aromatic carbocycles. The number of allylic oxidation sites excluding steroid dienone is 2. The maximum absolute atomic E-state index is 3.83. The van der Waals surface area contributed by atoms with Crippen molar-refractivity contribution in [2.24, 2.45) is 0 Å². The Labute approximate surface area is 71.2 Å². The number of likely N-dealkylation sites (N-methyl/N-ethyl adjacent to an activating group) is 1. The van der Waals surface area contributed by atoms with Crippen molar-refractivity contribution in [1.29, 1.82) is 0 Å². The summed E-state index contributed by atoms with van der Waals surface area (Å²) in [5, 5.41) is 2.99. The topological polar surface area (TPSA) is 12.0 Å². The molecule has 0 unspecified atom stereocenters. The van der Waals surface area contributed by atoms with Gasteiger partial charge in [-0.2, -0.15) is 0 Å². The van der Waals surface area contributed by atoms with E-state index < -0.39 is 0 Å². The molecule has 0 aromatic rings. The predicted molar refractivity (Wildman–Crippen MR) is 53.6 cm³/mol. The lowest BCUT2D eigenvalue weighted by Crippen LogP contribution is -2.05. The minimum atomic E-state index is 1.01. The lowest BCUT2D eigenvalue weighted by molar-refractivity contribution is 0.992. The van der Waals surface area contributed by atoms with Gasteiger partial charge < -0.3 is 5.32 Å². The Kier molecular flexibility index (Phi) is 8.67. The molecule has 0 aliphatic heterocycles. The van der Waals surface area contributed by atoms with E-state index in [-0.39, 0.29) is 0 Å². The van der Waals surface area contributed by atoms with E-state index in [0.29, 0.717) is 0 Å². The summed E-state index contributed by atoms with van der Waals surface area (Å²) in [6.45, 7) is 14.1. The largest absolute Gasteiger partial charge is 0.388 e. The summed E-state index contributed by atoms with van der Waals surface area (Å²) >= 11 is 0. The molecule has 0 radical (unpaired) electrons. The molecule has 0 aromatic heterocycles. The minimum absolute atomic E-state index is 1.01. The van der Waals surface area contributed by atoms with Crippen LogP contribution in [0.1, 0.15) is 34.6 Å². The Balaban J connectivity index is 0. The van der Waals surface area contributed by atoms with Crippen molar-refractivity contribution in [2.75, 3.05) is 7.05 Å². The molecular formula is C10H21N. The third-order valence-corrected chi connectivity index (χ3v) is 1.50. The highest BCUT2D eigenvalue weighted by molar-refractivity contribution is 5.27. The van der Waals surface area contributed by atoms with Gasteiger partial charge >= 0.3 is 0 Å². The van der Waals surface area contributed by atoms with Crippen molar-refractivity contribution in [3.05, 3.63) is 23.4 Å². The van der Waals surface area contributed by atoms with E-state index in [0.717, 1.165) is 5.70 Å². The molecule has 0 fully saturated rings. The Morgan fingerprint density at radius 1 is 1.09 bits per heavy atom. The molecular weight excluding hydrogens is 134 g/mol. The minimum Gasteiger partial charge on any atom is -0.388 e. The van der Waals surface area contributed by atoms with Crippen LogP contribution in [0.25, 0.3) is 0 Å². The van der Waals surface area contributed by atoms with Crippen LogP contribution in [-0.4, -0.2) is 7.05 Å². The van der Waals surface area contributed by atoms with Crippen molar-refractivity contribution in [2.45, 2.75) is 34.6 Å². The molecule has 1 N–H and O–H groups in total. The van der Waals surface area contributed by atoms with Gasteiger partial charge in [0, 0.05) is 12.7 Å². The monoisotopic (exact) mass is 155 g/mol. The van der Waals surface area contributed by atoms with Crippen LogP contribution in [-0.2, 0) is 0 Å². The van der Waals surface area contributed by atoms with Gasteiger partial charge in [0.25, 0.3) is 0 Å². The molecule has 0 heterocycles. The Morgan fingerprint density at radius 2 is 1.45 bits per heavy atom. The number of rotatable bonds is 2. The molecule has 66 valence electrons. The Hall–Kier alpha value is -0.720. The Morgan fingerprint density at radius 3 is 1.55 bits per heavy atom. The summed E-state index contributed by atoms with van der Waals surface area (Å²) in [6.07, 6.45) is 0. The number of hydrogen-bond donors (Lipinski definition) is 1. The quantitative estimate of drug-likeness (QED) is 0.604. The van der Waals surface area contributed by atoms with Gasteiger partial charge in [-0.15, -0.1) is 0 Å². The van der Waals surface area contributed by atoms with Gasteiger partial charge in [0.15, 0.2) is 0 Å². The van der Waals surface area contributed by atoms with E-state index >= 15 is 0 Å². The van der Waals surface area contributed by atoms with Crippen LogP contribution in [0.4, 0.5) is 0 Å². The summed E-state index contributed by atoms with van der Waals surface area (Å²) in [7, 11) is 1.88. The van der Waals surface area contributed by atoms with E-state index in [9.17, 15) is 0 Å². The van der Waals surface area contributed by atoms with E-state index in [2.05, 4.69) is 32.7 Å². The first-order chi connectivity index (χ1) is 5.09. The third-order valence-electron chi connectivity index (χ3n) is 1.50. The van der Waals surface area contributed by atoms with Gasteiger partial charge in [0.05, 0.1) is 0 Å². The summed E-state index contributed by atoms with van der Waals surface area (Å²) < 4.78 is 0. The molecule has 0 aliphatic rings. The Bertz CT molecular complexity index is 139. The molecule has 0 saturated carbocycles. The molecule has 11 heavy (non-hydrogen) atoms. The average molecular weight is 155 g/mol. The summed E-state index contributed by atoms with van der Waals surface area (Å²) in [5.41, 5.74) is 3.57. The van der Waals surface area contributed by atoms with Crippen molar-refractivity contribution in [3.8, 4) is 0 Å². The molecule has 0 bridgehead atoms. The normalized spacial score (nSPS) is 7.45. The lowest BCUT2D eigenvalue weighted by Gasteiger charge is -2.05. The van der Waals surface area contributed by atoms with Gasteiger partial charge in [-0.3, -0.25) is 0 Å². The van der Waals surface area contributed by atoms with E-state index in [1.54, 1.807) is 0 Å². The average Bonchev–Trinajstić information content (AvgIpc) is 2.05. The molecule has 0 atom stereocenters. The molecule has 0 aliphatic carbocycles. The van der Waals surface area contributed by atoms with Gasteiger partial charge in [0.2, 0.25) is 0 Å². The maximum atomic E-state index is 3.83. The van der Waals surface area contributed by atoms with Crippen LogP contribution in [0.2, 0.25) is 0 Å².